The molecule has 2 rings (SSSR count). The molecule has 1 aromatic carbocycles. The van der Waals surface area contributed by atoms with Crippen LogP contribution in [-0.2, 0) is 9.59 Å². The van der Waals surface area contributed by atoms with Gasteiger partial charge in [-0.2, -0.15) is 0 Å². The molecule has 0 heterocycles. The molecule has 21 heavy (non-hydrogen) atoms. The standard InChI is InChI=1S/C16H23N3O2/c1-17-15-10-13(7-8-14(15)18-11-20)19-16(21)9-6-12-4-2-3-5-12/h7-8,10-12,17H,2-6,9H2,1H3,(H,18,20)(H,19,21). The topological polar surface area (TPSA) is 70.2 Å². The zero-order valence-electron chi connectivity index (χ0n) is 12.4. The van der Waals surface area contributed by atoms with Gasteiger partial charge in [-0.1, -0.05) is 25.7 Å². The summed E-state index contributed by atoms with van der Waals surface area (Å²) in [5.74, 6) is 0.780. The number of amides is 2. The largest absolute Gasteiger partial charge is 0.386 e. The lowest BCUT2D eigenvalue weighted by molar-refractivity contribution is -0.116. The van der Waals surface area contributed by atoms with Crippen LogP contribution in [0.2, 0.25) is 0 Å². The van der Waals surface area contributed by atoms with E-state index in [2.05, 4.69) is 16.0 Å². The Kier molecular flexibility index (Phi) is 5.60. The van der Waals surface area contributed by atoms with Crippen LogP contribution in [0.1, 0.15) is 38.5 Å². The summed E-state index contributed by atoms with van der Waals surface area (Å²) >= 11 is 0. The molecule has 5 heteroatoms. The van der Waals surface area contributed by atoms with Crippen LogP contribution in [0.3, 0.4) is 0 Å². The molecule has 0 radical (unpaired) electrons. The number of carbonyl (C=O) groups excluding carboxylic acids is 2. The first-order chi connectivity index (χ1) is 10.2. The molecule has 1 aliphatic carbocycles. The van der Waals surface area contributed by atoms with E-state index in [0.29, 0.717) is 18.5 Å². The molecule has 5 nitrogen and oxygen atoms in total. The van der Waals surface area contributed by atoms with Crippen molar-refractivity contribution < 1.29 is 9.59 Å². The van der Waals surface area contributed by atoms with Crippen LogP contribution >= 0.6 is 0 Å². The van der Waals surface area contributed by atoms with Crippen LogP contribution in [0.5, 0.6) is 0 Å². The van der Waals surface area contributed by atoms with Crippen molar-refractivity contribution in [2.45, 2.75) is 38.5 Å². The number of rotatable bonds is 7. The van der Waals surface area contributed by atoms with Crippen LogP contribution in [0.25, 0.3) is 0 Å². The summed E-state index contributed by atoms with van der Waals surface area (Å²) in [6.45, 7) is 0. The highest BCUT2D eigenvalue weighted by Gasteiger charge is 2.16. The fourth-order valence-electron chi connectivity index (χ4n) is 2.88. The Morgan fingerprint density at radius 2 is 2.05 bits per heavy atom. The van der Waals surface area contributed by atoms with Crippen molar-refractivity contribution in [1.82, 2.24) is 0 Å². The van der Waals surface area contributed by atoms with Gasteiger partial charge in [-0.15, -0.1) is 0 Å². The van der Waals surface area contributed by atoms with Gasteiger partial charge in [0.05, 0.1) is 11.4 Å². The van der Waals surface area contributed by atoms with Gasteiger partial charge in [0.2, 0.25) is 12.3 Å². The average Bonchev–Trinajstić information content (AvgIpc) is 3.00. The third-order valence-electron chi connectivity index (χ3n) is 4.04. The molecule has 0 atom stereocenters. The van der Waals surface area contributed by atoms with Gasteiger partial charge in [0, 0.05) is 19.2 Å². The van der Waals surface area contributed by atoms with E-state index >= 15 is 0 Å². The van der Waals surface area contributed by atoms with E-state index in [9.17, 15) is 9.59 Å². The predicted octanol–water partition coefficient (Wildman–Crippen LogP) is 3.21. The zero-order valence-corrected chi connectivity index (χ0v) is 12.4. The Bertz CT molecular complexity index is 496. The molecule has 1 aliphatic rings. The minimum absolute atomic E-state index is 0.0556. The van der Waals surface area contributed by atoms with E-state index in [1.165, 1.54) is 25.7 Å². The molecular weight excluding hydrogens is 266 g/mol. The summed E-state index contributed by atoms with van der Waals surface area (Å²) in [6, 6.07) is 5.38. The molecule has 114 valence electrons. The Morgan fingerprint density at radius 3 is 2.71 bits per heavy atom. The van der Waals surface area contributed by atoms with Crippen molar-refractivity contribution in [1.29, 1.82) is 0 Å². The average molecular weight is 289 g/mol. The molecule has 0 bridgehead atoms. The molecule has 0 aromatic heterocycles. The van der Waals surface area contributed by atoms with Crippen molar-refractivity contribution >= 4 is 29.4 Å². The quantitative estimate of drug-likeness (QED) is 0.675. The second kappa shape index (κ2) is 7.67. The first-order valence-corrected chi connectivity index (χ1v) is 7.54. The molecule has 2 amide bonds. The third kappa shape index (κ3) is 4.48. The maximum atomic E-state index is 12.0. The van der Waals surface area contributed by atoms with Crippen LogP contribution in [-0.4, -0.2) is 19.4 Å². The maximum absolute atomic E-state index is 12.0. The summed E-state index contributed by atoms with van der Waals surface area (Å²) in [7, 11) is 1.77. The van der Waals surface area contributed by atoms with E-state index in [4.69, 9.17) is 0 Å². The fraction of sp³-hybridized carbons (Fsp3) is 0.500. The van der Waals surface area contributed by atoms with Crippen molar-refractivity contribution in [3.63, 3.8) is 0 Å². The molecule has 1 saturated carbocycles. The van der Waals surface area contributed by atoms with Crippen molar-refractivity contribution in [3.05, 3.63) is 18.2 Å². The van der Waals surface area contributed by atoms with Crippen molar-refractivity contribution in [2.75, 3.05) is 23.0 Å². The first-order valence-electron chi connectivity index (χ1n) is 7.54. The van der Waals surface area contributed by atoms with Crippen molar-refractivity contribution in [3.8, 4) is 0 Å². The van der Waals surface area contributed by atoms with Gasteiger partial charge in [-0.25, -0.2) is 0 Å². The predicted molar refractivity (Wildman–Crippen MR) is 85.5 cm³/mol. The van der Waals surface area contributed by atoms with Crippen LogP contribution in [0.15, 0.2) is 18.2 Å². The number of benzene rings is 1. The van der Waals surface area contributed by atoms with Crippen LogP contribution in [0.4, 0.5) is 17.1 Å². The lowest BCUT2D eigenvalue weighted by atomic mass is 10.0. The van der Waals surface area contributed by atoms with E-state index in [-0.39, 0.29) is 5.91 Å². The van der Waals surface area contributed by atoms with E-state index < -0.39 is 0 Å². The van der Waals surface area contributed by atoms with Crippen LogP contribution < -0.4 is 16.0 Å². The fourth-order valence-corrected chi connectivity index (χ4v) is 2.88. The van der Waals surface area contributed by atoms with Gasteiger partial charge in [-0.05, 0) is 30.5 Å². The molecular formula is C16H23N3O2. The third-order valence-corrected chi connectivity index (χ3v) is 4.04. The van der Waals surface area contributed by atoms with E-state index in [0.717, 1.165) is 23.7 Å². The number of anilines is 3. The molecule has 0 unspecified atom stereocenters. The maximum Gasteiger partial charge on any atom is 0.224 e. The summed E-state index contributed by atoms with van der Waals surface area (Å²) in [6.07, 6.45) is 7.35. The summed E-state index contributed by atoms with van der Waals surface area (Å²) < 4.78 is 0. The minimum atomic E-state index is 0.0556. The molecule has 0 saturated heterocycles. The second-order valence-corrected chi connectivity index (χ2v) is 5.51. The zero-order chi connectivity index (χ0) is 15.1. The van der Waals surface area contributed by atoms with E-state index in [1.54, 1.807) is 19.2 Å². The van der Waals surface area contributed by atoms with Gasteiger partial charge in [-0.3, -0.25) is 9.59 Å². The Hall–Kier alpha value is -2.04. The molecule has 1 aromatic rings. The summed E-state index contributed by atoms with van der Waals surface area (Å²) in [5.41, 5.74) is 2.21. The lowest BCUT2D eigenvalue weighted by Gasteiger charge is -2.12. The molecule has 1 fully saturated rings. The Labute approximate surface area is 125 Å². The van der Waals surface area contributed by atoms with Crippen molar-refractivity contribution in [2.24, 2.45) is 5.92 Å². The number of nitrogens with one attached hydrogen (secondary N) is 3. The smallest absolute Gasteiger partial charge is 0.224 e. The number of hydrogen-bond acceptors (Lipinski definition) is 3. The van der Waals surface area contributed by atoms with Gasteiger partial charge in [0.25, 0.3) is 0 Å². The SMILES string of the molecule is CNc1cc(NC(=O)CCC2CCCC2)ccc1NC=O. The normalized spacial score (nSPS) is 14.7. The van der Waals surface area contributed by atoms with Gasteiger partial charge >= 0.3 is 0 Å². The van der Waals surface area contributed by atoms with Gasteiger partial charge in [0.15, 0.2) is 0 Å². The molecule has 3 N–H and O–H groups in total. The highest BCUT2D eigenvalue weighted by molar-refractivity contribution is 5.92. The summed E-state index contributed by atoms with van der Waals surface area (Å²) in [5, 5.41) is 8.53. The lowest BCUT2D eigenvalue weighted by Crippen LogP contribution is -2.13. The molecule has 0 spiro atoms. The number of hydrogen-bond donors (Lipinski definition) is 3. The summed E-state index contributed by atoms with van der Waals surface area (Å²) in [4.78, 5) is 22.5. The highest BCUT2D eigenvalue weighted by Crippen LogP contribution is 2.29. The Morgan fingerprint density at radius 1 is 1.29 bits per heavy atom. The molecule has 0 aliphatic heterocycles. The van der Waals surface area contributed by atoms with Gasteiger partial charge in [0.1, 0.15) is 0 Å². The minimum Gasteiger partial charge on any atom is -0.386 e. The monoisotopic (exact) mass is 289 g/mol. The number of carbonyl (C=O) groups is 2. The highest BCUT2D eigenvalue weighted by atomic mass is 16.1. The van der Waals surface area contributed by atoms with Crippen LogP contribution in [0, 0.1) is 5.92 Å². The van der Waals surface area contributed by atoms with E-state index in [1.807, 2.05) is 6.07 Å². The Balaban J connectivity index is 1.89. The van der Waals surface area contributed by atoms with Gasteiger partial charge < -0.3 is 16.0 Å². The first kappa shape index (κ1) is 15.4. The second-order valence-electron chi connectivity index (χ2n) is 5.51.